The Morgan fingerprint density at radius 1 is 1.24 bits per heavy atom. The molecule has 0 bridgehead atoms. The average Bonchev–Trinajstić information content (AvgIpc) is 2.43. The largest absolute Gasteiger partial charge is 0.307 e. The predicted octanol–water partition coefficient (Wildman–Crippen LogP) is 4.20. The van der Waals surface area contributed by atoms with Crippen molar-refractivity contribution in [2.75, 3.05) is 5.32 Å². The van der Waals surface area contributed by atoms with Crippen LogP contribution in [0.3, 0.4) is 0 Å². The topological polar surface area (TPSA) is 85.1 Å². The van der Waals surface area contributed by atoms with E-state index in [4.69, 9.17) is 34.8 Å². The molecule has 1 heterocycles. The highest BCUT2D eigenvalue weighted by molar-refractivity contribution is 6.44. The summed E-state index contributed by atoms with van der Waals surface area (Å²) in [5, 5.41) is 13.5. The number of hydrogen-bond acceptors (Lipinski definition) is 4. The summed E-state index contributed by atoms with van der Waals surface area (Å²) < 4.78 is 0. The predicted molar refractivity (Wildman–Crippen MR) is 80.3 cm³/mol. The maximum atomic E-state index is 12.1. The lowest BCUT2D eigenvalue weighted by Crippen LogP contribution is -2.14. The highest BCUT2D eigenvalue weighted by atomic mass is 35.5. The van der Waals surface area contributed by atoms with Crippen molar-refractivity contribution >= 4 is 52.2 Å². The van der Waals surface area contributed by atoms with Crippen molar-refractivity contribution in [3.8, 4) is 0 Å². The van der Waals surface area contributed by atoms with Crippen LogP contribution in [0.1, 0.15) is 10.4 Å². The van der Waals surface area contributed by atoms with E-state index in [1.165, 1.54) is 18.3 Å². The Labute approximate surface area is 133 Å². The number of nitrogens with zero attached hydrogens (tertiary/aromatic N) is 2. The molecule has 0 spiro atoms. The van der Waals surface area contributed by atoms with E-state index in [0.29, 0.717) is 5.02 Å². The van der Waals surface area contributed by atoms with Crippen molar-refractivity contribution < 1.29 is 9.72 Å². The quantitative estimate of drug-likeness (QED) is 0.666. The number of nitro benzene ring substituents is 1. The van der Waals surface area contributed by atoms with Gasteiger partial charge in [0, 0.05) is 18.3 Å². The highest BCUT2D eigenvalue weighted by Gasteiger charge is 2.19. The van der Waals surface area contributed by atoms with Crippen molar-refractivity contribution in [3.63, 3.8) is 0 Å². The second-order valence-corrected chi connectivity index (χ2v) is 5.08. The van der Waals surface area contributed by atoms with Crippen molar-refractivity contribution in [1.82, 2.24) is 4.98 Å². The number of rotatable bonds is 3. The lowest BCUT2D eigenvalue weighted by Gasteiger charge is -2.07. The van der Waals surface area contributed by atoms with Gasteiger partial charge in [-0.05, 0) is 12.1 Å². The second kappa shape index (κ2) is 6.26. The molecule has 0 aliphatic heterocycles. The summed E-state index contributed by atoms with van der Waals surface area (Å²) in [5.41, 5.74) is -0.453. The summed E-state index contributed by atoms with van der Waals surface area (Å²) in [6, 6.07) is 5.12. The van der Waals surface area contributed by atoms with E-state index < -0.39 is 10.8 Å². The average molecular weight is 347 g/mol. The Morgan fingerprint density at radius 2 is 1.95 bits per heavy atom. The third-order valence-electron chi connectivity index (χ3n) is 2.44. The molecule has 1 N–H and O–H groups in total. The Bertz CT molecular complexity index is 720. The van der Waals surface area contributed by atoms with Crippen LogP contribution in [0.2, 0.25) is 15.1 Å². The van der Waals surface area contributed by atoms with Crippen LogP contribution in [0, 0.1) is 10.1 Å². The van der Waals surface area contributed by atoms with E-state index >= 15 is 0 Å². The first-order valence-electron chi connectivity index (χ1n) is 5.45. The summed E-state index contributed by atoms with van der Waals surface area (Å²) in [7, 11) is 0. The number of hydrogen-bond donors (Lipinski definition) is 1. The van der Waals surface area contributed by atoms with Crippen LogP contribution in [0.4, 0.5) is 11.5 Å². The van der Waals surface area contributed by atoms with Crippen molar-refractivity contribution in [1.29, 1.82) is 0 Å². The molecule has 1 amide bonds. The molecule has 21 heavy (non-hydrogen) atoms. The van der Waals surface area contributed by atoms with E-state index in [1.54, 1.807) is 0 Å². The third-order valence-corrected chi connectivity index (χ3v) is 3.46. The van der Waals surface area contributed by atoms with Crippen LogP contribution in [0.5, 0.6) is 0 Å². The Hall–Kier alpha value is -1.89. The van der Waals surface area contributed by atoms with E-state index in [-0.39, 0.29) is 27.1 Å². The summed E-state index contributed by atoms with van der Waals surface area (Å²) in [6.07, 6.45) is 1.35. The van der Waals surface area contributed by atoms with Crippen LogP contribution in [0.25, 0.3) is 0 Å². The number of non-ortho nitro benzene ring substituents is 1. The summed E-state index contributed by atoms with van der Waals surface area (Å²) in [6.45, 7) is 0. The van der Waals surface area contributed by atoms with Gasteiger partial charge in [-0.25, -0.2) is 4.98 Å². The fourth-order valence-corrected chi connectivity index (χ4v) is 2.00. The van der Waals surface area contributed by atoms with Crippen molar-refractivity contribution in [3.05, 3.63) is 61.2 Å². The minimum atomic E-state index is -0.667. The molecule has 0 fully saturated rings. The van der Waals surface area contributed by atoms with Gasteiger partial charge in [0.15, 0.2) is 0 Å². The fourth-order valence-electron chi connectivity index (χ4n) is 1.48. The van der Waals surface area contributed by atoms with E-state index in [9.17, 15) is 14.9 Å². The molecule has 0 atom stereocenters. The number of anilines is 1. The molecular formula is C12H6Cl3N3O3. The summed E-state index contributed by atoms with van der Waals surface area (Å²) in [5.74, 6) is -0.441. The zero-order valence-electron chi connectivity index (χ0n) is 10.1. The van der Waals surface area contributed by atoms with Gasteiger partial charge in [-0.1, -0.05) is 34.8 Å². The molecule has 1 aromatic carbocycles. The minimum Gasteiger partial charge on any atom is -0.307 e. The minimum absolute atomic E-state index is 0.0752. The molecule has 2 aromatic rings. The second-order valence-electron chi connectivity index (χ2n) is 3.86. The summed E-state index contributed by atoms with van der Waals surface area (Å²) in [4.78, 5) is 26.1. The van der Waals surface area contributed by atoms with Gasteiger partial charge in [0.2, 0.25) is 0 Å². The number of nitro groups is 1. The lowest BCUT2D eigenvalue weighted by molar-refractivity contribution is -0.384. The SMILES string of the molecule is O=C(Nc1ccc(Cl)cn1)c1cc([N+](=O)[O-])cc(Cl)c1Cl. The van der Waals surface area contributed by atoms with Crippen LogP contribution in [-0.4, -0.2) is 15.8 Å². The van der Waals surface area contributed by atoms with Gasteiger partial charge in [-0.2, -0.15) is 0 Å². The third kappa shape index (κ3) is 3.60. The first-order chi connectivity index (χ1) is 9.88. The molecule has 0 aliphatic carbocycles. The molecule has 9 heteroatoms. The molecule has 0 saturated heterocycles. The van der Waals surface area contributed by atoms with Crippen molar-refractivity contribution in [2.24, 2.45) is 0 Å². The first-order valence-corrected chi connectivity index (χ1v) is 6.58. The maximum Gasteiger partial charge on any atom is 0.271 e. The number of amides is 1. The molecule has 0 saturated carbocycles. The van der Waals surface area contributed by atoms with E-state index in [0.717, 1.165) is 12.1 Å². The van der Waals surface area contributed by atoms with E-state index in [2.05, 4.69) is 10.3 Å². The lowest BCUT2D eigenvalue weighted by atomic mass is 10.2. The smallest absolute Gasteiger partial charge is 0.271 e. The number of carbonyl (C=O) groups excluding carboxylic acids is 1. The zero-order chi connectivity index (χ0) is 15.6. The van der Waals surface area contributed by atoms with Crippen LogP contribution in [-0.2, 0) is 0 Å². The molecule has 2 rings (SSSR count). The maximum absolute atomic E-state index is 12.1. The van der Waals surface area contributed by atoms with Gasteiger partial charge in [0.1, 0.15) is 5.82 Å². The van der Waals surface area contributed by atoms with Crippen LogP contribution < -0.4 is 5.32 Å². The number of carbonyl (C=O) groups is 1. The standard InChI is InChI=1S/C12H6Cl3N3O3/c13-6-1-2-10(16-5-6)17-12(19)8-3-7(18(20)21)4-9(14)11(8)15/h1-5H,(H,16,17,19). The van der Waals surface area contributed by atoms with Gasteiger partial charge in [-0.3, -0.25) is 14.9 Å². The first kappa shape index (κ1) is 15.5. The monoisotopic (exact) mass is 345 g/mol. The van der Waals surface area contributed by atoms with Crippen LogP contribution in [0.15, 0.2) is 30.5 Å². The number of aromatic nitrogens is 1. The molecule has 108 valence electrons. The molecule has 0 radical (unpaired) electrons. The molecule has 6 nitrogen and oxygen atoms in total. The Morgan fingerprint density at radius 3 is 2.52 bits per heavy atom. The molecule has 0 unspecified atom stereocenters. The van der Waals surface area contributed by atoms with Gasteiger partial charge in [-0.15, -0.1) is 0 Å². The normalized spacial score (nSPS) is 10.2. The Balaban J connectivity index is 2.34. The molecular weight excluding hydrogens is 341 g/mol. The number of nitrogens with one attached hydrogen (secondary N) is 1. The fraction of sp³-hybridized carbons (Fsp3) is 0. The number of halogens is 3. The highest BCUT2D eigenvalue weighted by Crippen LogP contribution is 2.31. The molecule has 1 aromatic heterocycles. The number of benzene rings is 1. The molecule has 0 aliphatic rings. The van der Waals surface area contributed by atoms with Crippen molar-refractivity contribution in [2.45, 2.75) is 0 Å². The number of pyridine rings is 1. The summed E-state index contributed by atoms with van der Waals surface area (Å²) >= 11 is 17.4. The van der Waals surface area contributed by atoms with Gasteiger partial charge in [0.05, 0.1) is 25.6 Å². The van der Waals surface area contributed by atoms with Gasteiger partial charge < -0.3 is 5.32 Å². The Kier molecular flexibility index (Phi) is 4.62. The van der Waals surface area contributed by atoms with Crippen LogP contribution >= 0.6 is 34.8 Å². The van der Waals surface area contributed by atoms with E-state index in [1.807, 2.05) is 0 Å². The zero-order valence-corrected chi connectivity index (χ0v) is 12.4. The van der Waals surface area contributed by atoms with Gasteiger partial charge in [0.25, 0.3) is 11.6 Å². The van der Waals surface area contributed by atoms with Gasteiger partial charge >= 0.3 is 0 Å².